The summed E-state index contributed by atoms with van der Waals surface area (Å²) in [6, 6.07) is 0.967. The van der Waals surface area contributed by atoms with Gasteiger partial charge in [-0.3, -0.25) is 0 Å². The molecule has 3 fully saturated rings. The molecule has 18 heavy (non-hydrogen) atoms. The van der Waals surface area contributed by atoms with Crippen LogP contribution >= 0.6 is 0 Å². The lowest BCUT2D eigenvalue weighted by Gasteiger charge is -2.15. The highest BCUT2D eigenvalue weighted by Crippen LogP contribution is 2.31. The predicted octanol–water partition coefficient (Wildman–Crippen LogP) is 2.02. The number of ether oxygens (including phenoxy) is 1. The molecule has 3 rings (SSSR count). The molecule has 0 bridgehead atoms. The van der Waals surface area contributed by atoms with E-state index in [9.17, 15) is 0 Å². The molecule has 0 radical (unpaired) electrons. The van der Waals surface area contributed by atoms with Gasteiger partial charge in [-0.15, -0.1) is 0 Å². The third-order valence-corrected chi connectivity index (χ3v) is 4.72. The first-order chi connectivity index (χ1) is 8.92. The third-order valence-electron chi connectivity index (χ3n) is 4.72. The van der Waals surface area contributed by atoms with E-state index < -0.39 is 0 Å². The van der Waals surface area contributed by atoms with Crippen LogP contribution < -0.4 is 5.32 Å². The van der Waals surface area contributed by atoms with Crippen LogP contribution in [0.15, 0.2) is 0 Å². The smallest absolute Gasteiger partial charge is 0.0576 e. The number of nitrogens with one attached hydrogen (secondary N) is 1. The third kappa shape index (κ3) is 3.69. The largest absolute Gasteiger partial charge is 0.378 e. The van der Waals surface area contributed by atoms with Crippen molar-refractivity contribution in [2.45, 2.75) is 57.1 Å². The van der Waals surface area contributed by atoms with Gasteiger partial charge in [0.1, 0.15) is 0 Å². The summed E-state index contributed by atoms with van der Waals surface area (Å²) in [5.41, 5.74) is 0. The standard InChI is InChI=1S/C15H28N2O/c1(3-15-4-2-10-18-15)8-16-11-13-7-9-17(12-13)14-5-6-14/h13-16H,1-12H2. The number of likely N-dealkylation sites (tertiary alicyclic amines) is 1. The molecule has 3 nitrogen and oxygen atoms in total. The molecule has 2 heterocycles. The maximum atomic E-state index is 5.65. The Morgan fingerprint density at radius 1 is 1.17 bits per heavy atom. The summed E-state index contributed by atoms with van der Waals surface area (Å²) in [6.07, 6.45) is 10.0. The molecule has 0 aromatic heterocycles. The molecule has 1 aliphatic carbocycles. The summed E-state index contributed by atoms with van der Waals surface area (Å²) in [7, 11) is 0. The molecule has 3 aliphatic rings. The van der Waals surface area contributed by atoms with Crippen molar-refractivity contribution >= 4 is 0 Å². The van der Waals surface area contributed by atoms with E-state index in [1.54, 1.807) is 0 Å². The lowest BCUT2D eigenvalue weighted by molar-refractivity contribution is 0.102. The number of rotatable bonds is 7. The van der Waals surface area contributed by atoms with Gasteiger partial charge < -0.3 is 15.0 Å². The topological polar surface area (TPSA) is 24.5 Å². The van der Waals surface area contributed by atoms with Crippen LogP contribution in [0.1, 0.15) is 44.9 Å². The van der Waals surface area contributed by atoms with Crippen molar-refractivity contribution in [1.29, 1.82) is 0 Å². The van der Waals surface area contributed by atoms with E-state index in [0.717, 1.165) is 18.6 Å². The molecule has 2 aliphatic heterocycles. The molecule has 104 valence electrons. The highest BCUT2D eigenvalue weighted by atomic mass is 16.5. The molecule has 2 unspecified atom stereocenters. The lowest BCUT2D eigenvalue weighted by atomic mass is 10.1. The van der Waals surface area contributed by atoms with Crippen molar-refractivity contribution in [1.82, 2.24) is 10.2 Å². The van der Waals surface area contributed by atoms with Gasteiger partial charge in [0.25, 0.3) is 0 Å². The molecule has 0 spiro atoms. The van der Waals surface area contributed by atoms with Gasteiger partial charge in [0.05, 0.1) is 6.10 Å². The van der Waals surface area contributed by atoms with E-state index in [1.807, 2.05) is 0 Å². The number of hydrogen-bond acceptors (Lipinski definition) is 3. The first kappa shape index (κ1) is 12.9. The van der Waals surface area contributed by atoms with Crippen molar-refractivity contribution in [3.8, 4) is 0 Å². The summed E-state index contributed by atoms with van der Waals surface area (Å²) < 4.78 is 5.65. The van der Waals surface area contributed by atoms with Gasteiger partial charge >= 0.3 is 0 Å². The Balaban J connectivity index is 1.20. The summed E-state index contributed by atoms with van der Waals surface area (Å²) in [5.74, 6) is 0.910. The van der Waals surface area contributed by atoms with Crippen molar-refractivity contribution in [2.75, 3.05) is 32.8 Å². The zero-order valence-corrected chi connectivity index (χ0v) is 11.6. The Bertz CT molecular complexity index is 249. The van der Waals surface area contributed by atoms with Crippen LogP contribution in [-0.2, 0) is 4.74 Å². The van der Waals surface area contributed by atoms with E-state index in [1.165, 1.54) is 71.1 Å². The molecule has 0 aromatic rings. The van der Waals surface area contributed by atoms with Crippen molar-refractivity contribution < 1.29 is 4.74 Å². The van der Waals surface area contributed by atoms with Crippen LogP contribution in [0.2, 0.25) is 0 Å². The second-order valence-electron chi connectivity index (χ2n) is 6.36. The second-order valence-corrected chi connectivity index (χ2v) is 6.36. The zero-order chi connectivity index (χ0) is 12.2. The fraction of sp³-hybridized carbons (Fsp3) is 1.00. The van der Waals surface area contributed by atoms with Gasteiger partial charge in [-0.05, 0) is 70.5 Å². The van der Waals surface area contributed by atoms with Crippen LogP contribution in [0.4, 0.5) is 0 Å². The number of nitrogens with zero attached hydrogens (tertiary/aromatic N) is 1. The Labute approximate surface area is 111 Å². The molecule has 2 saturated heterocycles. The molecule has 3 heteroatoms. The maximum absolute atomic E-state index is 5.65. The van der Waals surface area contributed by atoms with Gasteiger partial charge in [-0.25, -0.2) is 0 Å². The second kappa shape index (κ2) is 6.36. The van der Waals surface area contributed by atoms with Gasteiger partial charge in [-0.2, -0.15) is 0 Å². The molecule has 1 saturated carbocycles. The average Bonchev–Trinajstić information content (AvgIpc) is 2.92. The molecule has 1 N–H and O–H groups in total. The minimum atomic E-state index is 0.573. The maximum Gasteiger partial charge on any atom is 0.0576 e. The lowest BCUT2D eigenvalue weighted by Crippen LogP contribution is -2.28. The van der Waals surface area contributed by atoms with E-state index in [0.29, 0.717) is 6.10 Å². The summed E-state index contributed by atoms with van der Waals surface area (Å²) in [5, 5.41) is 3.65. The summed E-state index contributed by atoms with van der Waals surface area (Å²) >= 11 is 0. The summed E-state index contributed by atoms with van der Waals surface area (Å²) in [6.45, 7) is 6.11. The molecular formula is C15H28N2O. The fourth-order valence-electron chi connectivity index (χ4n) is 3.43. The highest BCUT2D eigenvalue weighted by Gasteiger charge is 2.33. The van der Waals surface area contributed by atoms with Crippen LogP contribution in [0.25, 0.3) is 0 Å². The first-order valence-electron chi connectivity index (χ1n) is 7.98. The number of hydrogen-bond donors (Lipinski definition) is 1. The van der Waals surface area contributed by atoms with Gasteiger partial charge in [-0.1, -0.05) is 0 Å². The predicted molar refractivity (Wildman–Crippen MR) is 73.8 cm³/mol. The van der Waals surface area contributed by atoms with Crippen LogP contribution in [0, 0.1) is 5.92 Å². The van der Waals surface area contributed by atoms with E-state index >= 15 is 0 Å². The Morgan fingerprint density at radius 2 is 2.11 bits per heavy atom. The van der Waals surface area contributed by atoms with Gasteiger partial charge in [0, 0.05) is 19.2 Å². The zero-order valence-electron chi connectivity index (χ0n) is 11.6. The van der Waals surface area contributed by atoms with Crippen LogP contribution in [0.3, 0.4) is 0 Å². The first-order valence-corrected chi connectivity index (χ1v) is 7.98. The fourth-order valence-corrected chi connectivity index (χ4v) is 3.43. The summed E-state index contributed by atoms with van der Waals surface area (Å²) in [4.78, 5) is 2.71. The SMILES string of the molecule is C(CNCC1CCN(C2CC2)C1)CC1CCCO1. The van der Waals surface area contributed by atoms with E-state index in [-0.39, 0.29) is 0 Å². The van der Waals surface area contributed by atoms with Crippen molar-refractivity contribution in [2.24, 2.45) is 5.92 Å². The minimum Gasteiger partial charge on any atom is -0.378 e. The Morgan fingerprint density at radius 3 is 2.89 bits per heavy atom. The molecule has 2 atom stereocenters. The van der Waals surface area contributed by atoms with E-state index in [4.69, 9.17) is 4.74 Å². The molecular weight excluding hydrogens is 224 g/mol. The van der Waals surface area contributed by atoms with E-state index in [2.05, 4.69) is 10.2 Å². The Hall–Kier alpha value is -0.120. The normalized spacial score (nSPS) is 33.3. The molecule has 0 aromatic carbocycles. The van der Waals surface area contributed by atoms with Crippen molar-refractivity contribution in [3.63, 3.8) is 0 Å². The van der Waals surface area contributed by atoms with Crippen molar-refractivity contribution in [3.05, 3.63) is 0 Å². The minimum absolute atomic E-state index is 0.573. The average molecular weight is 252 g/mol. The molecule has 0 amide bonds. The van der Waals surface area contributed by atoms with Gasteiger partial charge in [0.15, 0.2) is 0 Å². The Kier molecular flexibility index (Phi) is 4.55. The van der Waals surface area contributed by atoms with Gasteiger partial charge in [0.2, 0.25) is 0 Å². The highest BCUT2D eigenvalue weighted by molar-refractivity contribution is 4.89. The monoisotopic (exact) mass is 252 g/mol. The van der Waals surface area contributed by atoms with Crippen LogP contribution in [0.5, 0.6) is 0 Å². The van der Waals surface area contributed by atoms with Crippen LogP contribution in [-0.4, -0.2) is 49.8 Å². The quantitative estimate of drug-likeness (QED) is 0.702.